The fraction of sp³-hybridized carbons (Fsp3) is 0.588. The van der Waals surface area contributed by atoms with Gasteiger partial charge in [0.25, 0.3) is 0 Å². The molecule has 1 unspecified atom stereocenters. The van der Waals surface area contributed by atoms with E-state index >= 15 is 0 Å². The molecule has 1 aliphatic heterocycles. The zero-order valence-electron chi connectivity index (χ0n) is 14.0. The lowest BCUT2D eigenvalue weighted by molar-refractivity contribution is -0.139. The molecular formula is C17H25NO5. The van der Waals surface area contributed by atoms with Crippen LogP contribution < -0.4 is 9.47 Å². The summed E-state index contributed by atoms with van der Waals surface area (Å²) in [5.41, 5.74) is 0.988. The van der Waals surface area contributed by atoms with Crippen LogP contribution in [0, 0.1) is 0 Å². The molecule has 2 rings (SSSR count). The number of amides is 1. The molecule has 1 amide bonds. The van der Waals surface area contributed by atoms with Crippen molar-refractivity contribution in [1.82, 2.24) is 4.90 Å². The highest BCUT2D eigenvalue weighted by molar-refractivity contribution is 5.77. The fourth-order valence-corrected chi connectivity index (χ4v) is 2.68. The van der Waals surface area contributed by atoms with Crippen LogP contribution in [-0.4, -0.2) is 57.9 Å². The maximum Gasteiger partial charge on any atom is 0.248 e. The Labute approximate surface area is 137 Å². The van der Waals surface area contributed by atoms with Crippen molar-refractivity contribution in [1.29, 1.82) is 0 Å². The minimum atomic E-state index is 0.0175. The van der Waals surface area contributed by atoms with Gasteiger partial charge in [-0.15, -0.1) is 0 Å². The van der Waals surface area contributed by atoms with Crippen molar-refractivity contribution in [3.05, 3.63) is 23.8 Å². The Morgan fingerprint density at radius 1 is 1.17 bits per heavy atom. The van der Waals surface area contributed by atoms with E-state index in [9.17, 15) is 4.79 Å². The van der Waals surface area contributed by atoms with Crippen LogP contribution in [0.5, 0.6) is 11.5 Å². The Morgan fingerprint density at radius 2 is 1.87 bits per heavy atom. The third-order valence-electron chi connectivity index (χ3n) is 3.90. The minimum absolute atomic E-state index is 0.0175. The average Bonchev–Trinajstić information content (AvgIpc) is 2.60. The summed E-state index contributed by atoms with van der Waals surface area (Å²) in [5, 5.41) is 0. The molecule has 0 saturated carbocycles. The van der Waals surface area contributed by atoms with Gasteiger partial charge in [-0.25, -0.2) is 0 Å². The third kappa shape index (κ3) is 5.11. The summed E-state index contributed by atoms with van der Waals surface area (Å²) >= 11 is 0. The normalized spacial score (nSPS) is 17.9. The summed E-state index contributed by atoms with van der Waals surface area (Å²) in [7, 11) is 4.78. The van der Waals surface area contributed by atoms with Gasteiger partial charge in [0.1, 0.15) is 18.1 Å². The summed E-state index contributed by atoms with van der Waals surface area (Å²) < 4.78 is 21.4. The number of hydrogen-bond donors (Lipinski definition) is 0. The van der Waals surface area contributed by atoms with E-state index in [1.807, 2.05) is 23.1 Å². The van der Waals surface area contributed by atoms with Gasteiger partial charge in [-0.3, -0.25) is 4.79 Å². The Bertz CT molecular complexity index is 497. The van der Waals surface area contributed by atoms with Crippen LogP contribution >= 0.6 is 0 Å². The highest BCUT2D eigenvalue weighted by atomic mass is 16.5. The number of ether oxygens (including phenoxy) is 4. The van der Waals surface area contributed by atoms with Crippen LogP contribution in [0.3, 0.4) is 0 Å². The van der Waals surface area contributed by atoms with Crippen molar-refractivity contribution in [3.63, 3.8) is 0 Å². The van der Waals surface area contributed by atoms with Gasteiger partial charge in [-0.05, 0) is 30.5 Å². The third-order valence-corrected chi connectivity index (χ3v) is 3.90. The predicted molar refractivity (Wildman–Crippen MR) is 85.8 cm³/mol. The van der Waals surface area contributed by atoms with Crippen LogP contribution in [0.15, 0.2) is 18.2 Å². The van der Waals surface area contributed by atoms with E-state index in [0.29, 0.717) is 13.2 Å². The molecule has 1 aliphatic rings. The molecule has 0 aliphatic carbocycles. The molecule has 128 valence electrons. The Hall–Kier alpha value is -1.79. The molecule has 0 N–H and O–H groups in total. The van der Waals surface area contributed by atoms with Gasteiger partial charge in [-0.2, -0.15) is 0 Å². The van der Waals surface area contributed by atoms with Crippen LogP contribution in [-0.2, 0) is 20.9 Å². The number of carbonyl (C=O) groups is 1. The second kappa shape index (κ2) is 8.74. The second-order valence-electron chi connectivity index (χ2n) is 5.57. The summed E-state index contributed by atoms with van der Waals surface area (Å²) in [4.78, 5) is 13.7. The lowest BCUT2D eigenvalue weighted by atomic mass is 10.1. The summed E-state index contributed by atoms with van der Waals surface area (Å²) in [6, 6.07) is 5.69. The fourth-order valence-electron chi connectivity index (χ4n) is 2.68. The largest absolute Gasteiger partial charge is 0.497 e. The molecule has 6 nitrogen and oxygen atoms in total. The predicted octanol–water partition coefficient (Wildman–Crippen LogP) is 1.86. The van der Waals surface area contributed by atoms with E-state index in [1.54, 1.807) is 14.2 Å². The molecule has 0 spiro atoms. The lowest BCUT2D eigenvalue weighted by Crippen LogP contribution is -2.44. The molecule has 0 radical (unpaired) electrons. The zero-order chi connectivity index (χ0) is 16.7. The van der Waals surface area contributed by atoms with E-state index in [1.165, 1.54) is 7.11 Å². The van der Waals surface area contributed by atoms with Gasteiger partial charge in [0.2, 0.25) is 5.91 Å². The first-order valence-corrected chi connectivity index (χ1v) is 7.76. The highest BCUT2D eigenvalue weighted by Gasteiger charge is 2.24. The quantitative estimate of drug-likeness (QED) is 0.766. The molecule has 1 aromatic rings. The minimum Gasteiger partial charge on any atom is -0.497 e. The van der Waals surface area contributed by atoms with E-state index < -0.39 is 0 Å². The van der Waals surface area contributed by atoms with Crippen LogP contribution in [0.4, 0.5) is 0 Å². The number of nitrogens with zero attached hydrogens (tertiary/aromatic N) is 1. The molecule has 1 heterocycles. The summed E-state index contributed by atoms with van der Waals surface area (Å²) in [6.45, 7) is 1.97. The Kier molecular flexibility index (Phi) is 6.67. The van der Waals surface area contributed by atoms with Gasteiger partial charge in [-0.1, -0.05) is 0 Å². The van der Waals surface area contributed by atoms with Crippen molar-refractivity contribution in [3.8, 4) is 11.5 Å². The standard InChI is InChI=1S/C17H25NO5/c1-20-12-17(19)18-6-4-5-14(10-18)23-11-13-7-15(21-2)9-16(8-13)22-3/h7-9,14H,4-6,10-12H2,1-3H3. The first kappa shape index (κ1) is 17.6. The van der Waals surface area contributed by atoms with Gasteiger partial charge >= 0.3 is 0 Å². The smallest absolute Gasteiger partial charge is 0.248 e. The van der Waals surface area contributed by atoms with Crippen molar-refractivity contribution in [2.45, 2.75) is 25.6 Å². The topological polar surface area (TPSA) is 57.2 Å². The molecule has 0 bridgehead atoms. The molecule has 0 aromatic heterocycles. The monoisotopic (exact) mass is 323 g/mol. The summed E-state index contributed by atoms with van der Waals surface area (Å²) in [5.74, 6) is 1.50. The Morgan fingerprint density at radius 3 is 2.48 bits per heavy atom. The zero-order valence-corrected chi connectivity index (χ0v) is 14.0. The number of hydrogen-bond acceptors (Lipinski definition) is 5. The SMILES string of the molecule is COCC(=O)N1CCCC(OCc2cc(OC)cc(OC)c2)C1. The number of methoxy groups -OCH3 is 3. The molecule has 1 fully saturated rings. The van der Waals surface area contributed by atoms with E-state index in [2.05, 4.69) is 0 Å². The van der Waals surface area contributed by atoms with Crippen molar-refractivity contribution < 1.29 is 23.7 Å². The average molecular weight is 323 g/mol. The molecule has 1 saturated heterocycles. The first-order chi connectivity index (χ1) is 11.2. The van der Waals surface area contributed by atoms with Crippen molar-refractivity contribution >= 4 is 5.91 Å². The maximum atomic E-state index is 11.9. The van der Waals surface area contributed by atoms with E-state index in [0.717, 1.165) is 36.4 Å². The molecule has 6 heteroatoms. The molecule has 1 atom stereocenters. The summed E-state index contributed by atoms with van der Waals surface area (Å²) in [6.07, 6.45) is 1.95. The van der Waals surface area contributed by atoms with Gasteiger partial charge in [0.15, 0.2) is 0 Å². The van der Waals surface area contributed by atoms with Crippen molar-refractivity contribution in [2.75, 3.05) is 41.0 Å². The Balaban J connectivity index is 1.91. The molecule has 23 heavy (non-hydrogen) atoms. The van der Waals surface area contributed by atoms with Crippen LogP contribution in [0.2, 0.25) is 0 Å². The van der Waals surface area contributed by atoms with Gasteiger partial charge < -0.3 is 23.8 Å². The van der Waals surface area contributed by atoms with Crippen molar-refractivity contribution in [2.24, 2.45) is 0 Å². The number of benzene rings is 1. The van der Waals surface area contributed by atoms with E-state index in [-0.39, 0.29) is 18.6 Å². The van der Waals surface area contributed by atoms with E-state index in [4.69, 9.17) is 18.9 Å². The number of rotatable bonds is 7. The van der Waals surface area contributed by atoms with Gasteiger partial charge in [0, 0.05) is 26.3 Å². The number of carbonyl (C=O) groups excluding carboxylic acids is 1. The number of piperidine rings is 1. The number of likely N-dealkylation sites (tertiary alicyclic amines) is 1. The van der Waals surface area contributed by atoms with Crippen LogP contribution in [0.25, 0.3) is 0 Å². The molecule has 1 aromatic carbocycles. The first-order valence-electron chi connectivity index (χ1n) is 7.76. The second-order valence-corrected chi connectivity index (χ2v) is 5.57. The molecular weight excluding hydrogens is 298 g/mol. The highest BCUT2D eigenvalue weighted by Crippen LogP contribution is 2.24. The van der Waals surface area contributed by atoms with Gasteiger partial charge in [0.05, 0.1) is 26.9 Å². The maximum absolute atomic E-state index is 11.9. The lowest BCUT2D eigenvalue weighted by Gasteiger charge is -2.32. The van der Waals surface area contributed by atoms with Crippen LogP contribution in [0.1, 0.15) is 18.4 Å².